The summed E-state index contributed by atoms with van der Waals surface area (Å²) in [4.78, 5) is 34.8. The number of benzene rings is 1. The van der Waals surface area contributed by atoms with Crippen LogP contribution in [0.5, 0.6) is 0 Å². The predicted molar refractivity (Wildman–Crippen MR) is 82.3 cm³/mol. The smallest absolute Gasteiger partial charge is 0.243 e. The van der Waals surface area contributed by atoms with Crippen LogP contribution in [0.1, 0.15) is 18.9 Å². The van der Waals surface area contributed by atoms with Gasteiger partial charge in [-0.15, -0.1) is 12.3 Å². The Hall–Kier alpha value is -2.81. The zero-order chi connectivity index (χ0) is 16.5. The normalized spacial score (nSPS) is 12.5. The van der Waals surface area contributed by atoms with Crippen molar-refractivity contribution >= 4 is 17.7 Å². The second-order valence-corrected chi connectivity index (χ2v) is 4.81. The number of carbonyl (C=O) groups excluding carboxylic acids is 3. The van der Waals surface area contributed by atoms with E-state index in [2.05, 4.69) is 16.6 Å². The minimum atomic E-state index is -0.954. The number of primary amides is 1. The molecular weight excluding hydrogens is 282 g/mol. The van der Waals surface area contributed by atoms with Crippen molar-refractivity contribution in [3.8, 4) is 12.3 Å². The van der Waals surface area contributed by atoms with E-state index in [4.69, 9.17) is 12.2 Å². The van der Waals surface area contributed by atoms with Crippen LogP contribution >= 0.6 is 0 Å². The topological polar surface area (TPSA) is 101 Å². The summed E-state index contributed by atoms with van der Waals surface area (Å²) >= 11 is 0. The summed E-state index contributed by atoms with van der Waals surface area (Å²) in [5.41, 5.74) is 6.07. The molecule has 0 heterocycles. The number of carbonyl (C=O) groups is 3. The van der Waals surface area contributed by atoms with E-state index in [1.165, 1.54) is 6.92 Å². The molecule has 6 nitrogen and oxygen atoms in total. The third kappa shape index (κ3) is 5.67. The van der Waals surface area contributed by atoms with E-state index >= 15 is 0 Å². The van der Waals surface area contributed by atoms with Crippen molar-refractivity contribution in [3.05, 3.63) is 35.9 Å². The van der Waals surface area contributed by atoms with Crippen molar-refractivity contribution in [1.29, 1.82) is 0 Å². The van der Waals surface area contributed by atoms with E-state index in [0.717, 1.165) is 5.56 Å². The molecule has 0 aliphatic rings. The lowest BCUT2D eigenvalue weighted by Crippen LogP contribution is -2.53. The Balaban J connectivity index is 2.82. The van der Waals surface area contributed by atoms with Gasteiger partial charge < -0.3 is 16.4 Å². The Labute approximate surface area is 129 Å². The highest BCUT2D eigenvalue weighted by molar-refractivity contribution is 5.91. The third-order valence-electron chi connectivity index (χ3n) is 2.96. The number of nitrogens with one attached hydrogen (secondary N) is 2. The number of amides is 3. The molecule has 0 radical (unpaired) electrons. The van der Waals surface area contributed by atoms with Gasteiger partial charge in [0.25, 0.3) is 0 Å². The van der Waals surface area contributed by atoms with E-state index in [1.54, 1.807) is 0 Å². The van der Waals surface area contributed by atoms with Gasteiger partial charge in [0.2, 0.25) is 17.7 Å². The fourth-order valence-corrected chi connectivity index (χ4v) is 1.92. The summed E-state index contributed by atoms with van der Waals surface area (Å²) in [6, 6.07) is 7.45. The Kier molecular flexibility index (Phi) is 6.64. The number of nitrogens with two attached hydrogens (primary N) is 1. The molecular formula is C16H19N3O3. The number of terminal acetylenes is 1. The summed E-state index contributed by atoms with van der Waals surface area (Å²) in [5.74, 6) is 0.720. The van der Waals surface area contributed by atoms with Gasteiger partial charge in [0.15, 0.2) is 0 Å². The van der Waals surface area contributed by atoms with Gasteiger partial charge in [0.05, 0.1) is 0 Å². The standard InChI is InChI=1S/C16H19N3O3/c1-3-7-13(15(17)21)19-16(22)14(18-11(2)20)10-12-8-5-4-6-9-12/h1,4-6,8-9,13-14H,7,10H2,2H3,(H2,17,21)(H,18,20)(H,19,22)/t13-,14-/m0/s1. The molecule has 0 saturated heterocycles. The molecule has 0 bridgehead atoms. The second-order valence-electron chi connectivity index (χ2n) is 4.81. The highest BCUT2D eigenvalue weighted by Crippen LogP contribution is 2.04. The Morgan fingerprint density at radius 3 is 2.32 bits per heavy atom. The van der Waals surface area contributed by atoms with Crippen molar-refractivity contribution in [2.45, 2.75) is 31.8 Å². The average molecular weight is 301 g/mol. The van der Waals surface area contributed by atoms with Crippen molar-refractivity contribution in [3.63, 3.8) is 0 Å². The Bertz CT molecular complexity index is 578. The predicted octanol–water partition coefficient (Wildman–Crippen LogP) is -0.273. The summed E-state index contributed by atoms with van der Waals surface area (Å²) in [6.45, 7) is 1.32. The molecule has 2 atom stereocenters. The van der Waals surface area contributed by atoms with Crippen molar-refractivity contribution in [2.24, 2.45) is 5.73 Å². The van der Waals surface area contributed by atoms with Gasteiger partial charge in [-0.05, 0) is 5.56 Å². The fourth-order valence-electron chi connectivity index (χ4n) is 1.92. The SMILES string of the molecule is C#CC[C@H](NC(=O)[C@H](Cc1ccccc1)NC(C)=O)C(N)=O. The van der Waals surface area contributed by atoms with Crippen LogP contribution in [0.4, 0.5) is 0 Å². The van der Waals surface area contributed by atoms with E-state index in [0.29, 0.717) is 6.42 Å². The fraction of sp³-hybridized carbons (Fsp3) is 0.312. The van der Waals surface area contributed by atoms with Gasteiger partial charge in [-0.25, -0.2) is 0 Å². The van der Waals surface area contributed by atoms with E-state index in [-0.39, 0.29) is 12.3 Å². The molecule has 0 aliphatic carbocycles. The van der Waals surface area contributed by atoms with E-state index < -0.39 is 23.9 Å². The highest BCUT2D eigenvalue weighted by Gasteiger charge is 2.24. The van der Waals surface area contributed by atoms with Crippen LogP contribution in [0.3, 0.4) is 0 Å². The third-order valence-corrected chi connectivity index (χ3v) is 2.96. The summed E-state index contributed by atoms with van der Waals surface area (Å²) in [5, 5.41) is 5.03. The lowest BCUT2D eigenvalue weighted by atomic mass is 10.0. The van der Waals surface area contributed by atoms with Crippen LogP contribution in [0.15, 0.2) is 30.3 Å². The molecule has 1 rings (SSSR count). The van der Waals surface area contributed by atoms with Crippen molar-refractivity contribution in [1.82, 2.24) is 10.6 Å². The van der Waals surface area contributed by atoms with Crippen LogP contribution < -0.4 is 16.4 Å². The van der Waals surface area contributed by atoms with Crippen molar-refractivity contribution < 1.29 is 14.4 Å². The molecule has 0 fully saturated rings. The first-order valence-corrected chi connectivity index (χ1v) is 6.78. The second kappa shape index (κ2) is 8.47. The Morgan fingerprint density at radius 2 is 1.82 bits per heavy atom. The average Bonchev–Trinajstić information content (AvgIpc) is 2.46. The van der Waals surface area contributed by atoms with Gasteiger partial charge in [0, 0.05) is 19.8 Å². The molecule has 0 aromatic heterocycles. The molecule has 0 saturated carbocycles. The molecule has 116 valence electrons. The number of rotatable bonds is 7. The maximum absolute atomic E-state index is 12.3. The molecule has 4 N–H and O–H groups in total. The molecule has 3 amide bonds. The first-order valence-electron chi connectivity index (χ1n) is 6.78. The van der Waals surface area contributed by atoms with Crippen LogP contribution in [-0.2, 0) is 20.8 Å². The van der Waals surface area contributed by atoms with Crippen LogP contribution in [0.2, 0.25) is 0 Å². The quantitative estimate of drug-likeness (QED) is 0.604. The maximum Gasteiger partial charge on any atom is 0.243 e. The minimum absolute atomic E-state index is 0.000792. The molecule has 6 heteroatoms. The van der Waals surface area contributed by atoms with Crippen LogP contribution in [-0.4, -0.2) is 29.8 Å². The Morgan fingerprint density at radius 1 is 1.18 bits per heavy atom. The number of hydrogen-bond donors (Lipinski definition) is 3. The molecule has 1 aromatic carbocycles. The first-order chi connectivity index (χ1) is 10.4. The summed E-state index contributed by atoms with van der Waals surface area (Å²) in [7, 11) is 0. The molecule has 1 aromatic rings. The molecule has 0 aliphatic heterocycles. The van der Waals surface area contributed by atoms with Gasteiger partial charge in [-0.1, -0.05) is 30.3 Å². The zero-order valence-corrected chi connectivity index (χ0v) is 12.3. The summed E-state index contributed by atoms with van der Waals surface area (Å²) in [6.07, 6.45) is 5.44. The first kappa shape index (κ1) is 17.2. The van der Waals surface area contributed by atoms with E-state index in [1.807, 2.05) is 30.3 Å². The maximum atomic E-state index is 12.3. The van der Waals surface area contributed by atoms with Gasteiger partial charge in [-0.3, -0.25) is 14.4 Å². The van der Waals surface area contributed by atoms with Crippen LogP contribution in [0, 0.1) is 12.3 Å². The number of hydrogen-bond acceptors (Lipinski definition) is 3. The largest absolute Gasteiger partial charge is 0.368 e. The molecule has 0 spiro atoms. The lowest BCUT2D eigenvalue weighted by Gasteiger charge is -2.20. The van der Waals surface area contributed by atoms with Crippen LogP contribution in [0.25, 0.3) is 0 Å². The molecule has 22 heavy (non-hydrogen) atoms. The van der Waals surface area contributed by atoms with Gasteiger partial charge in [0.1, 0.15) is 12.1 Å². The van der Waals surface area contributed by atoms with Gasteiger partial charge in [-0.2, -0.15) is 0 Å². The monoisotopic (exact) mass is 301 g/mol. The van der Waals surface area contributed by atoms with E-state index in [9.17, 15) is 14.4 Å². The minimum Gasteiger partial charge on any atom is -0.368 e. The lowest BCUT2D eigenvalue weighted by molar-refractivity contribution is -0.130. The van der Waals surface area contributed by atoms with Gasteiger partial charge >= 0.3 is 0 Å². The van der Waals surface area contributed by atoms with Crippen molar-refractivity contribution in [2.75, 3.05) is 0 Å². The highest BCUT2D eigenvalue weighted by atomic mass is 16.2. The molecule has 0 unspecified atom stereocenters. The summed E-state index contributed by atoms with van der Waals surface area (Å²) < 4.78 is 0. The zero-order valence-electron chi connectivity index (χ0n) is 12.3.